The van der Waals surface area contributed by atoms with E-state index in [1.54, 1.807) is 23.9 Å². The highest BCUT2D eigenvalue weighted by Crippen LogP contribution is 2.40. The van der Waals surface area contributed by atoms with Crippen LogP contribution in [0.2, 0.25) is 0 Å². The maximum Gasteiger partial charge on any atom is 0.417 e. The molecule has 0 bridgehead atoms. The van der Waals surface area contributed by atoms with Crippen LogP contribution in [0.15, 0.2) is 35.0 Å². The van der Waals surface area contributed by atoms with E-state index in [0.717, 1.165) is 6.07 Å². The van der Waals surface area contributed by atoms with Gasteiger partial charge in [-0.05, 0) is 12.1 Å². The van der Waals surface area contributed by atoms with Crippen LogP contribution in [-0.2, 0) is 13.2 Å². The zero-order chi connectivity index (χ0) is 14.5. The Morgan fingerprint density at radius 2 is 2.05 bits per heavy atom. The van der Waals surface area contributed by atoms with Crippen molar-refractivity contribution in [3.05, 3.63) is 36.0 Å². The summed E-state index contributed by atoms with van der Waals surface area (Å²) in [5.41, 5.74) is 5.53. The van der Waals surface area contributed by atoms with Gasteiger partial charge in [-0.1, -0.05) is 11.2 Å². The van der Waals surface area contributed by atoms with Gasteiger partial charge < -0.3 is 14.8 Å². The molecule has 0 spiro atoms. The molecule has 0 unspecified atom stereocenters. The molecule has 4 nitrogen and oxygen atoms in total. The third-order valence-corrected chi connectivity index (χ3v) is 3.11. The van der Waals surface area contributed by atoms with Crippen molar-refractivity contribution in [3.63, 3.8) is 0 Å². The van der Waals surface area contributed by atoms with Gasteiger partial charge in [0.05, 0.1) is 5.56 Å². The molecule has 0 aliphatic rings. The Morgan fingerprint density at radius 3 is 2.65 bits per heavy atom. The number of alkyl halides is 3. The van der Waals surface area contributed by atoms with Crippen LogP contribution in [0.4, 0.5) is 19.0 Å². The fraction of sp³-hybridized carbons (Fsp3) is 0.154. The van der Waals surface area contributed by atoms with Gasteiger partial charge in [0, 0.05) is 35.8 Å². The number of aryl methyl sites for hydroxylation is 1. The highest BCUT2D eigenvalue weighted by Gasteiger charge is 2.34. The summed E-state index contributed by atoms with van der Waals surface area (Å²) in [5.74, 6) is 0.339. The number of fused-ring (bicyclic) bond motifs is 1. The monoisotopic (exact) mass is 281 g/mol. The van der Waals surface area contributed by atoms with Crippen molar-refractivity contribution in [2.45, 2.75) is 6.18 Å². The molecule has 0 aliphatic carbocycles. The lowest BCUT2D eigenvalue weighted by atomic mass is 10.0. The van der Waals surface area contributed by atoms with Crippen molar-refractivity contribution in [1.29, 1.82) is 0 Å². The first-order valence-electron chi connectivity index (χ1n) is 5.75. The van der Waals surface area contributed by atoms with Crippen molar-refractivity contribution in [2.75, 3.05) is 5.73 Å². The number of halogens is 3. The molecule has 0 saturated heterocycles. The van der Waals surface area contributed by atoms with Crippen LogP contribution in [0.5, 0.6) is 0 Å². The Hall–Kier alpha value is -2.44. The summed E-state index contributed by atoms with van der Waals surface area (Å²) in [4.78, 5) is 0. The van der Waals surface area contributed by atoms with Gasteiger partial charge in [-0.25, -0.2) is 0 Å². The molecule has 0 amide bonds. The number of aromatic nitrogens is 2. The standard InChI is InChI=1S/C13H10F3N3O/c1-19-6-7(10-5-11(17)18-20-10)12-8(13(14,15)16)3-2-4-9(12)19/h2-6H,1H3,(H2,17,18). The lowest BCUT2D eigenvalue weighted by molar-refractivity contribution is -0.136. The lowest BCUT2D eigenvalue weighted by Gasteiger charge is -2.09. The average molecular weight is 281 g/mol. The van der Waals surface area contributed by atoms with Gasteiger partial charge >= 0.3 is 6.18 Å². The maximum atomic E-state index is 13.1. The van der Waals surface area contributed by atoms with E-state index in [0.29, 0.717) is 11.1 Å². The van der Waals surface area contributed by atoms with Crippen LogP contribution in [0.25, 0.3) is 22.2 Å². The van der Waals surface area contributed by atoms with E-state index in [2.05, 4.69) is 5.16 Å². The van der Waals surface area contributed by atoms with Crippen LogP contribution < -0.4 is 5.73 Å². The van der Waals surface area contributed by atoms with E-state index >= 15 is 0 Å². The topological polar surface area (TPSA) is 57.0 Å². The summed E-state index contributed by atoms with van der Waals surface area (Å²) in [6.45, 7) is 0. The van der Waals surface area contributed by atoms with E-state index in [-0.39, 0.29) is 17.0 Å². The fourth-order valence-electron chi connectivity index (χ4n) is 2.28. The highest BCUT2D eigenvalue weighted by atomic mass is 19.4. The van der Waals surface area contributed by atoms with E-state index in [9.17, 15) is 13.2 Å². The number of nitrogens with zero attached hydrogens (tertiary/aromatic N) is 2. The van der Waals surface area contributed by atoms with Crippen molar-refractivity contribution < 1.29 is 17.7 Å². The number of benzene rings is 1. The SMILES string of the molecule is Cn1cc(-c2cc(N)no2)c2c(C(F)(F)F)cccc21. The highest BCUT2D eigenvalue weighted by molar-refractivity contribution is 5.97. The third kappa shape index (κ3) is 1.82. The molecule has 2 aromatic heterocycles. The summed E-state index contributed by atoms with van der Waals surface area (Å²) in [5, 5.41) is 3.60. The number of hydrogen-bond acceptors (Lipinski definition) is 3. The molecule has 0 saturated carbocycles. The Balaban J connectivity index is 2.38. The van der Waals surface area contributed by atoms with E-state index in [4.69, 9.17) is 10.3 Å². The minimum atomic E-state index is -4.44. The molecule has 20 heavy (non-hydrogen) atoms. The van der Waals surface area contributed by atoms with E-state index in [1.807, 2.05) is 0 Å². The largest absolute Gasteiger partial charge is 0.417 e. The summed E-state index contributed by atoms with van der Waals surface area (Å²) in [6, 6.07) is 5.45. The summed E-state index contributed by atoms with van der Waals surface area (Å²) in [6.07, 6.45) is -2.87. The fourth-order valence-corrected chi connectivity index (χ4v) is 2.28. The van der Waals surface area contributed by atoms with Gasteiger partial charge in [-0.15, -0.1) is 0 Å². The second-order valence-corrected chi connectivity index (χ2v) is 4.47. The zero-order valence-electron chi connectivity index (χ0n) is 10.4. The Kier molecular flexibility index (Phi) is 2.53. The molecule has 2 N–H and O–H groups in total. The molecular formula is C13H10F3N3O. The van der Waals surface area contributed by atoms with Crippen molar-refractivity contribution in [1.82, 2.24) is 9.72 Å². The van der Waals surface area contributed by atoms with Gasteiger partial charge in [-0.2, -0.15) is 13.2 Å². The summed E-state index contributed by atoms with van der Waals surface area (Å²) < 4.78 is 46.0. The number of nitrogens with two attached hydrogens (primary N) is 1. The molecule has 104 valence electrons. The van der Waals surface area contributed by atoms with Gasteiger partial charge in [0.15, 0.2) is 11.6 Å². The first-order chi connectivity index (χ1) is 9.38. The number of hydrogen-bond donors (Lipinski definition) is 1. The zero-order valence-corrected chi connectivity index (χ0v) is 10.4. The molecule has 0 atom stereocenters. The number of rotatable bonds is 1. The van der Waals surface area contributed by atoms with Gasteiger partial charge in [-0.3, -0.25) is 0 Å². The quantitative estimate of drug-likeness (QED) is 0.743. The number of anilines is 1. The van der Waals surface area contributed by atoms with E-state index in [1.165, 1.54) is 12.1 Å². The normalized spacial score (nSPS) is 12.2. The van der Waals surface area contributed by atoms with Crippen LogP contribution >= 0.6 is 0 Å². The summed E-state index contributed by atoms with van der Waals surface area (Å²) >= 11 is 0. The summed E-state index contributed by atoms with van der Waals surface area (Å²) in [7, 11) is 1.67. The molecule has 1 aromatic carbocycles. The van der Waals surface area contributed by atoms with Gasteiger partial charge in [0.1, 0.15) is 0 Å². The van der Waals surface area contributed by atoms with Crippen LogP contribution in [-0.4, -0.2) is 9.72 Å². The molecule has 0 fully saturated rings. The van der Waals surface area contributed by atoms with Crippen LogP contribution in [0.1, 0.15) is 5.56 Å². The number of nitrogen functional groups attached to an aromatic ring is 1. The minimum Gasteiger partial charge on any atom is -0.381 e. The van der Waals surface area contributed by atoms with E-state index < -0.39 is 11.7 Å². The Morgan fingerprint density at radius 1 is 1.30 bits per heavy atom. The van der Waals surface area contributed by atoms with Gasteiger partial charge in [0.2, 0.25) is 0 Å². The van der Waals surface area contributed by atoms with Crippen molar-refractivity contribution in [3.8, 4) is 11.3 Å². The first-order valence-corrected chi connectivity index (χ1v) is 5.75. The molecule has 3 aromatic rings. The predicted octanol–water partition coefficient (Wildman–Crippen LogP) is 3.43. The maximum absolute atomic E-state index is 13.1. The minimum absolute atomic E-state index is 0.0821. The average Bonchev–Trinajstić information content (AvgIpc) is 2.93. The predicted molar refractivity (Wildman–Crippen MR) is 67.8 cm³/mol. The molecule has 7 heteroatoms. The second kappa shape index (κ2) is 4.03. The molecule has 0 radical (unpaired) electrons. The Bertz CT molecular complexity index is 786. The lowest BCUT2D eigenvalue weighted by Crippen LogP contribution is -2.05. The molecule has 3 rings (SSSR count). The van der Waals surface area contributed by atoms with Crippen molar-refractivity contribution in [2.24, 2.45) is 7.05 Å². The first kappa shape index (κ1) is 12.6. The molecule has 2 heterocycles. The van der Waals surface area contributed by atoms with Crippen molar-refractivity contribution >= 4 is 16.7 Å². The van der Waals surface area contributed by atoms with Gasteiger partial charge in [0.25, 0.3) is 0 Å². The molecular weight excluding hydrogens is 271 g/mol. The van der Waals surface area contributed by atoms with Crippen LogP contribution in [0.3, 0.4) is 0 Å². The van der Waals surface area contributed by atoms with Crippen LogP contribution in [0, 0.1) is 0 Å². The third-order valence-electron chi connectivity index (χ3n) is 3.11. The Labute approximate surface area is 111 Å². The smallest absolute Gasteiger partial charge is 0.381 e. The molecule has 0 aliphatic heterocycles. The second-order valence-electron chi connectivity index (χ2n) is 4.47.